The number of methoxy groups -OCH3 is 1. The lowest BCUT2D eigenvalue weighted by Crippen LogP contribution is -2.37. The highest BCUT2D eigenvalue weighted by Crippen LogP contribution is 2.17. The predicted octanol–water partition coefficient (Wildman–Crippen LogP) is 1.88. The van der Waals surface area contributed by atoms with Crippen LogP contribution in [0.15, 0.2) is 30.3 Å². The van der Waals surface area contributed by atoms with Gasteiger partial charge in [0.25, 0.3) is 0 Å². The number of aryl methyl sites for hydroxylation is 1. The Balaban J connectivity index is 2.17. The van der Waals surface area contributed by atoms with Gasteiger partial charge in [-0.25, -0.2) is 4.79 Å². The molecule has 1 aliphatic heterocycles. The Morgan fingerprint density at radius 2 is 1.95 bits per heavy atom. The first-order valence-corrected chi connectivity index (χ1v) is 6.84. The quantitative estimate of drug-likeness (QED) is 0.621. The van der Waals surface area contributed by atoms with Crippen LogP contribution in [0.25, 0.3) is 5.57 Å². The number of esters is 1. The molecule has 2 rings (SSSR count). The third kappa shape index (κ3) is 4.18. The fraction of sp³-hybridized carbons (Fsp3) is 0.438. The topological polar surface area (TPSA) is 38.8 Å². The normalized spacial score (nSPS) is 17.0. The standard InChI is InChI=1S/C16H21NO3/c1-13-3-5-14(6-4-13)15(11-16(18)19-2)12-17-7-9-20-10-8-17/h3-6,11H,7-10,12H2,1-2H3/b15-11-. The summed E-state index contributed by atoms with van der Waals surface area (Å²) in [5.74, 6) is -0.311. The Kier molecular flexibility index (Phi) is 5.32. The van der Waals surface area contributed by atoms with Crippen molar-refractivity contribution in [3.63, 3.8) is 0 Å². The molecule has 108 valence electrons. The lowest BCUT2D eigenvalue weighted by Gasteiger charge is -2.27. The van der Waals surface area contributed by atoms with E-state index in [9.17, 15) is 4.79 Å². The Labute approximate surface area is 120 Å². The predicted molar refractivity (Wildman–Crippen MR) is 78.4 cm³/mol. The fourth-order valence-electron chi connectivity index (χ4n) is 2.19. The molecule has 0 bridgehead atoms. The van der Waals surface area contributed by atoms with Gasteiger partial charge < -0.3 is 9.47 Å². The van der Waals surface area contributed by atoms with Crippen LogP contribution in [0.2, 0.25) is 0 Å². The second-order valence-electron chi connectivity index (χ2n) is 4.95. The zero-order valence-corrected chi connectivity index (χ0v) is 12.1. The molecule has 0 saturated carbocycles. The van der Waals surface area contributed by atoms with Gasteiger partial charge in [0.15, 0.2) is 0 Å². The van der Waals surface area contributed by atoms with Crippen molar-refractivity contribution in [2.45, 2.75) is 6.92 Å². The summed E-state index contributed by atoms with van der Waals surface area (Å²) in [4.78, 5) is 13.9. The molecule has 4 heteroatoms. The highest BCUT2D eigenvalue weighted by molar-refractivity contribution is 5.91. The van der Waals surface area contributed by atoms with E-state index in [0.29, 0.717) is 0 Å². The van der Waals surface area contributed by atoms with Crippen LogP contribution in [0.1, 0.15) is 11.1 Å². The zero-order valence-electron chi connectivity index (χ0n) is 12.1. The molecule has 0 radical (unpaired) electrons. The summed E-state index contributed by atoms with van der Waals surface area (Å²) in [6.45, 7) is 6.07. The maximum atomic E-state index is 11.6. The first-order valence-electron chi connectivity index (χ1n) is 6.84. The number of ether oxygens (including phenoxy) is 2. The van der Waals surface area contributed by atoms with Crippen molar-refractivity contribution in [3.05, 3.63) is 41.5 Å². The molecule has 1 saturated heterocycles. The van der Waals surface area contributed by atoms with Crippen molar-refractivity contribution >= 4 is 11.5 Å². The van der Waals surface area contributed by atoms with Gasteiger partial charge in [0.1, 0.15) is 0 Å². The van der Waals surface area contributed by atoms with Crippen molar-refractivity contribution in [1.82, 2.24) is 4.90 Å². The molecule has 0 aromatic heterocycles. The first kappa shape index (κ1) is 14.8. The number of benzene rings is 1. The van der Waals surface area contributed by atoms with Crippen LogP contribution in [-0.4, -0.2) is 50.8 Å². The molecule has 4 nitrogen and oxygen atoms in total. The second kappa shape index (κ2) is 7.22. The molecule has 1 heterocycles. The molecule has 1 aliphatic rings. The molecule has 1 aromatic rings. The molecule has 0 N–H and O–H groups in total. The molecule has 0 aliphatic carbocycles. The van der Waals surface area contributed by atoms with Crippen molar-refractivity contribution < 1.29 is 14.3 Å². The number of carbonyl (C=O) groups excluding carboxylic acids is 1. The minimum absolute atomic E-state index is 0.311. The molecule has 0 unspecified atom stereocenters. The summed E-state index contributed by atoms with van der Waals surface area (Å²) in [6.07, 6.45) is 1.58. The molecule has 0 atom stereocenters. The molecule has 20 heavy (non-hydrogen) atoms. The number of hydrogen-bond acceptors (Lipinski definition) is 4. The van der Waals surface area contributed by atoms with Gasteiger partial charge in [0.05, 0.1) is 20.3 Å². The molecule has 1 fully saturated rings. The van der Waals surface area contributed by atoms with Crippen LogP contribution in [0.5, 0.6) is 0 Å². The van der Waals surface area contributed by atoms with Crippen molar-refractivity contribution in [2.24, 2.45) is 0 Å². The molecule has 0 amide bonds. The van der Waals surface area contributed by atoms with E-state index in [1.807, 2.05) is 12.1 Å². The average Bonchev–Trinajstić information content (AvgIpc) is 2.48. The van der Waals surface area contributed by atoms with Crippen LogP contribution < -0.4 is 0 Å². The monoisotopic (exact) mass is 275 g/mol. The maximum Gasteiger partial charge on any atom is 0.330 e. The van der Waals surface area contributed by atoms with Gasteiger partial charge in [-0.2, -0.15) is 0 Å². The summed E-state index contributed by atoms with van der Waals surface area (Å²) in [5, 5.41) is 0. The van der Waals surface area contributed by atoms with Gasteiger partial charge in [-0.15, -0.1) is 0 Å². The van der Waals surface area contributed by atoms with E-state index < -0.39 is 0 Å². The van der Waals surface area contributed by atoms with E-state index in [4.69, 9.17) is 9.47 Å². The van der Waals surface area contributed by atoms with Crippen LogP contribution >= 0.6 is 0 Å². The third-order valence-corrected chi connectivity index (χ3v) is 3.41. The van der Waals surface area contributed by atoms with E-state index in [2.05, 4.69) is 24.0 Å². The molecule has 0 spiro atoms. The lowest BCUT2D eigenvalue weighted by atomic mass is 10.0. The number of hydrogen-bond donors (Lipinski definition) is 0. The lowest BCUT2D eigenvalue weighted by molar-refractivity contribution is -0.134. The van der Waals surface area contributed by atoms with Crippen LogP contribution in [0.3, 0.4) is 0 Å². The Morgan fingerprint density at radius 1 is 1.30 bits per heavy atom. The number of carbonyl (C=O) groups is 1. The number of morpholine rings is 1. The second-order valence-corrected chi connectivity index (χ2v) is 4.95. The van der Waals surface area contributed by atoms with Gasteiger partial charge in [0.2, 0.25) is 0 Å². The minimum Gasteiger partial charge on any atom is -0.466 e. The summed E-state index contributed by atoms with van der Waals surface area (Å²) < 4.78 is 10.1. The molecular formula is C16H21NO3. The smallest absolute Gasteiger partial charge is 0.330 e. The summed E-state index contributed by atoms with van der Waals surface area (Å²) in [5.41, 5.74) is 3.25. The summed E-state index contributed by atoms with van der Waals surface area (Å²) in [6, 6.07) is 8.20. The van der Waals surface area contributed by atoms with E-state index in [-0.39, 0.29) is 5.97 Å². The Bertz CT molecular complexity index is 473. The van der Waals surface area contributed by atoms with Gasteiger partial charge in [-0.3, -0.25) is 4.90 Å². The maximum absolute atomic E-state index is 11.6. The van der Waals surface area contributed by atoms with Crippen LogP contribution in [-0.2, 0) is 14.3 Å². The van der Waals surface area contributed by atoms with Gasteiger partial charge >= 0.3 is 5.97 Å². The number of rotatable bonds is 4. The van der Waals surface area contributed by atoms with Gasteiger partial charge in [0, 0.05) is 25.7 Å². The van der Waals surface area contributed by atoms with Crippen LogP contribution in [0.4, 0.5) is 0 Å². The van der Waals surface area contributed by atoms with E-state index in [1.54, 1.807) is 6.08 Å². The molecule has 1 aromatic carbocycles. The summed E-state index contributed by atoms with van der Waals surface area (Å²) >= 11 is 0. The Hall–Kier alpha value is -1.65. The fourth-order valence-corrected chi connectivity index (χ4v) is 2.19. The van der Waals surface area contributed by atoms with Crippen LogP contribution in [0, 0.1) is 6.92 Å². The van der Waals surface area contributed by atoms with Crippen molar-refractivity contribution in [1.29, 1.82) is 0 Å². The molecular weight excluding hydrogens is 254 g/mol. The SMILES string of the molecule is COC(=O)/C=C(/CN1CCOCC1)c1ccc(C)cc1. The highest BCUT2D eigenvalue weighted by Gasteiger charge is 2.14. The van der Waals surface area contributed by atoms with E-state index in [0.717, 1.165) is 44.0 Å². The summed E-state index contributed by atoms with van der Waals surface area (Å²) in [7, 11) is 1.40. The Morgan fingerprint density at radius 3 is 2.55 bits per heavy atom. The van der Waals surface area contributed by atoms with Gasteiger partial charge in [-0.1, -0.05) is 29.8 Å². The zero-order chi connectivity index (χ0) is 14.4. The number of nitrogens with zero attached hydrogens (tertiary/aromatic N) is 1. The third-order valence-electron chi connectivity index (χ3n) is 3.41. The van der Waals surface area contributed by atoms with Gasteiger partial charge in [-0.05, 0) is 18.1 Å². The van der Waals surface area contributed by atoms with Crippen molar-refractivity contribution in [3.8, 4) is 0 Å². The highest BCUT2D eigenvalue weighted by atomic mass is 16.5. The van der Waals surface area contributed by atoms with E-state index in [1.165, 1.54) is 12.7 Å². The first-order chi connectivity index (χ1) is 9.69. The minimum atomic E-state index is -0.311. The average molecular weight is 275 g/mol. The van der Waals surface area contributed by atoms with E-state index >= 15 is 0 Å². The largest absolute Gasteiger partial charge is 0.466 e. The van der Waals surface area contributed by atoms with Crippen molar-refractivity contribution in [2.75, 3.05) is 40.0 Å².